The monoisotopic (exact) mass is 552 g/mol. The number of allylic oxidation sites excluding steroid dienone is 1. The van der Waals surface area contributed by atoms with Gasteiger partial charge >= 0.3 is 5.97 Å². The number of carboxylic acid groups (broad SMARTS) is 1. The average molecular weight is 553 g/mol. The molecule has 1 aliphatic rings. The summed E-state index contributed by atoms with van der Waals surface area (Å²) in [4.78, 5) is 15.3. The van der Waals surface area contributed by atoms with Crippen LogP contribution in [0.1, 0.15) is 62.3 Å². The van der Waals surface area contributed by atoms with Crippen LogP contribution in [0.4, 0.5) is 14.5 Å². The molecule has 8 heteroatoms. The highest BCUT2D eigenvalue weighted by atomic mass is 35.5. The van der Waals surface area contributed by atoms with E-state index in [0.717, 1.165) is 0 Å². The Labute approximate surface area is 231 Å². The van der Waals surface area contributed by atoms with Crippen molar-refractivity contribution in [1.29, 1.82) is 0 Å². The van der Waals surface area contributed by atoms with Gasteiger partial charge in [-0.3, -0.25) is 9.79 Å². The van der Waals surface area contributed by atoms with E-state index in [4.69, 9.17) is 11.6 Å². The highest BCUT2D eigenvalue weighted by Crippen LogP contribution is 2.41. The lowest BCUT2D eigenvalue weighted by molar-refractivity contribution is -0.145. The number of halogens is 3. The number of nitrogens with zero attached hydrogens (tertiary/aromatic N) is 1. The standard InChI is InChI=1S/C31H31ClF2N2O3/c1-18(32)29(36-19(2)23-6-4-5-7-26(23)33)25-16-24(27(34)17-28(25)35-3)20-8-10-22(11-9-20)31(39)14-12-21(13-15-31)30(37)38/h4-11,16-17,19,21,36,39H,3,12-15H2,1-2H3,(H,37,38)/b29-18-. The van der Waals surface area contributed by atoms with Crippen molar-refractivity contribution in [3.63, 3.8) is 0 Å². The smallest absolute Gasteiger partial charge is 0.306 e. The molecule has 3 aromatic carbocycles. The summed E-state index contributed by atoms with van der Waals surface area (Å²) in [5, 5.41) is 24.1. The molecule has 0 heterocycles. The second-order valence-corrected chi connectivity index (χ2v) is 10.6. The number of aliphatic imine (C=N–C) groups is 1. The Morgan fingerprint density at radius 2 is 1.74 bits per heavy atom. The van der Waals surface area contributed by atoms with E-state index >= 15 is 4.39 Å². The number of hydrogen-bond donors (Lipinski definition) is 3. The van der Waals surface area contributed by atoms with Gasteiger partial charge in [0.25, 0.3) is 0 Å². The zero-order chi connectivity index (χ0) is 28.3. The number of benzene rings is 3. The molecule has 0 bridgehead atoms. The van der Waals surface area contributed by atoms with Crippen LogP contribution in [0.2, 0.25) is 0 Å². The summed E-state index contributed by atoms with van der Waals surface area (Å²) in [6, 6.07) is 15.8. The first-order valence-corrected chi connectivity index (χ1v) is 13.2. The fourth-order valence-corrected chi connectivity index (χ4v) is 5.35. The van der Waals surface area contributed by atoms with Crippen molar-refractivity contribution in [1.82, 2.24) is 5.32 Å². The second kappa shape index (κ2) is 11.7. The molecule has 5 nitrogen and oxygen atoms in total. The Balaban J connectivity index is 1.66. The van der Waals surface area contributed by atoms with Crippen LogP contribution in [0.5, 0.6) is 0 Å². The molecule has 1 unspecified atom stereocenters. The maximum Gasteiger partial charge on any atom is 0.306 e. The summed E-state index contributed by atoms with van der Waals surface area (Å²) >= 11 is 6.47. The van der Waals surface area contributed by atoms with Gasteiger partial charge in [0, 0.05) is 27.8 Å². The van der Waals surface area contributed by atoms with E-state index in [-0.39, 0.29) is 11.5 Å². The fraction of sp³-hybridized carbons (Fsp3) is 0.290. The number of hydrogen-bond acceptors (Lipinski definition) is 4. The highest BCUT2D eigenvalue weighted by Gasteiger charge is 2.37. The van der Waals surface area contributed by atoms with Crippen LogP contribution < -0.4 is 5.32 Å². The Morgan fingerprint density at radius 3 is 2.31 bits per heavy atom. The van der Waals surface area contributed by atoms with Crippen LogP contribution >= 0.6 is 11.6 Å². The van der Waals surface area contributed by atoms with E-state index < -0.39 is 29.3 Å². The molecule has 1 fully saturated rings. The third kappa shape index (κ3) is 6.05. The van der Waals surface area contributed by atoms with Crippen LogP contribution in [0.3, 0.4) is 0 Å². The molecule has 0 saturated heterocycles. The quantitative estimate of drug-likeness (QED) is 0.250. The summed E-state index contributed by atoms with van der Waals surface area (Å²) < 4.78 is 29.7. The van der Waals surface area contributed by atoms with Crippen molar-refractivity contribution in [2.24, 2.45) is 10.9 Å². The van der Waals surface area contributed by atoms with E-state index in [9.17, 15) is 19.4 Å². The molecule has 0 amide bonds. The van der Waals surface area contributed by atoms with Gasteiger partial charge in [-0.15, -0.1) is 0 Å². The first kappa shape index (κ1) is 28.5. The van der Waals surface area contributed by atoms with Gasteiger partial charge in [0.05, 0.1) is 28.9 Å². The molecule has 1 aliphatic carbocycles. The van der Waals surface area contributed by atoms with Gasteiger partial charge in [0.2, 0.25) is 0 Å². The van der Waals surface area contributed by atoms with E-state index in [1.807, 2.05) is 0 Å². The lowest BCUT2D eigenvalue weighted by atomic mass is 9.75. The molecule has 1 atom stereocenters. The lowest BCUT2D eigenvalue weighted by Gasteiger charge is -2.35. The maximum absolute atomic E-state index is 15.3. The van der Waals surface area contributed by atoms with Crippen molar-refractivity contribution >= 4 is 35.7 Å². The van der Waals surface area contributed by atoms with Gasteiger partial charge in [-0.25, -0.2) is 8.78 Å². The SMILES string of the molecule is C=Nc1cc(F)c(-c2ccc(C3(O)CCC(C(=O)O)CC3)cc2)cc1/C(NC(C)c1ccccc1F)=C(\C)Cl. The predicted octanol–water partition coefficient (Wildman–Crippen LogP) is 7.70. The molecule has 4 rings (SSSR count). The number of carboxylic acids is 1. The lowest BCUT2D eigenvalue weighted by Crippen LogP contribution is -2.33. The largest absolute Gasteiger partial charge is 0.481 e. The van der Waals surface area contributed by atoms with E-state index in [0.29, 0.717) is 64.2 Å². The molecule has 0 aromatic heterocycles. The first-order valence-electron chi connectivity index (χ1n) is 12.8. The van der Waals surface area contributed by atoms with Crippen LogP contribution in [0.15, 0.2) is 70.7 Å². The zero-order valence-electron chi connectivity index (χ0n) is 21.8. The summed E-state index contributed by atoms with van der Waals surface area (Å²) in [7, 11) is 0. The molecule has 204 valence electrons. The normalized spacial score (nSPS) is 20.6. The summed E-state index contributed by atoms with van der Waals surface area (Å²) in [6.07, 6.45) is 1.48. The molecule has 3 aromatic rings. The molecule has 39 heavy (non-hydrogen) atoms. The van der Waals surface area contributed by atoms with Gasteiger partial charge in [-0.05, 0) is 69.5 Å². The number of carbonyl (C=O) groups is 1. The highest BCUT2D eigenvalue weighted by molar-refractivity contribution is 6.32. The third-order valence-electron chi connectivity index (χ3n) is 7.50. The van der Waals surface area contributed by atoms with E-state index in [2.05, 4.69) is 17.0 Å². The van der Waals surface area contributed by atoms with Crippen molar-refractivity contribution in [3.8, 4) is 11.1 Å². The minimum atomic E-state index is -1.12. The van der Waals surface area contributed by atoms with Gasteiger partial charge in [-0.2, -0.15) is 0 Å². The molecular formula is C31H31ClF2N2O3. The first-order chi connectivity index (χ1) is 18.5. The van der Waals surface area contributed by atoms with Crippen LogP contribution in [0.25, 0.3) is 16.8 Å². The Hall–Kier alpha value is -3.55. The van der Waals surface area contributed by atoms with Crippen LogP contribution in [-0.4, -0.2) is 22.9 Å². The molecule has 1 saturated carbocycles. The predicted molar refractivity (Wildman–Crippen MR) is 151 cm³/mol. The minimum absolute atomic E-state index is 0.278. The van der Waals surface area contributed by atoms with Crippen molar-refractivity contribution in [2.75, 3.05) is 0 Å². The molecule has 0 spiro atoms. The number of aliphatic hydroxyl groups is 1. The molecular weight excluding hydrogens is 522 g/mol. The van der Waals surface area contributed by atoms with Gasteiger partial charge in [0.15, 0.2) is 0 Å². The van der Waals surface area contributed by atoms with E-state index in [1.54, 1.807) is 62.4 Å². The molecule has 3 N–H and O–H groups in total. The van der Waals surface area contributed by atoms with Gasteiger partial charge in [-0.1, -0.05) is 54.1 Å². The molecule has 0 aliphatic heterocycles. The summed E-state index contributed by atoms with van der Waals surface area (Å²) in [5.74, 6) is -2.15. The van der Waals surface area contributed by atoms with Crippen molar-refractivity contribution in [3.05, 3.63) is 94.0 Å². The molecule has 0 radical (unpaired) electrons. The van der Waals surface area contributed by atoms with Crippen molar-refractivity contribution < 1.29 is 23.8 Å². The van der Waals surface area contributed by atoms with Crippen molar-refractivity contribution in [2.45, 2.75) is 51.2 Å². The Bertz CT molecular complexity index is 1410. The summed E-state index contributed by atoms with van der Waals surface area (Å²) in [5.41, 5.74) is 2.12. The van der Waals surface area contributed by atoms with Crippen LogP contribution in [-0.2, 0) is 10.4 Å². The Kier molecular flexibility index (Phi) is 8.52. The zero-order valence-corrected chi connectivity index (χ0v) is 22.6. The Morgan fingerprint density at radius 1 is 1.10 bits per heavy atom. The minimum Gasteiger partial charge on any atom is -0.481 e. The maximum atomic E-state index is 15.3. The number of nitrogens with one attached hydrogen (secondary N) is 1. The van der Waals surface area contributed by atoms with Gasteiger partial charge < -0.3 is 15.5 Å². The van der Waals surface area contributed by atoms with E-state index in [1.165, 1.54) is 12.1 Å². The van der Waals surface area contributed by atoms with Gasteiger partial charge in [0.1, 0.15) is 11.6 Å². The fourth-order valence-electron chi connectivity index (χ4n) is 5.19. The second-order valence-electron chi connectivity index (χ2n) is 10.0. The topological polar surface area (TPSA) is 81.9 Å². The third-order valence-corrected chi connectivity index (χ3v) is 7.69. The average Bonchev–Trinajstić information content (AvgIpc) is 2.92. The summed E-state index contributed by atoms with van der Waals surface area (Å²) in [6.45, 7) is 7.07. The number of aliphatic carboxylic acids is 1. The number of rotatable bonds is 8. The van der Waals surface area contributed by atoms with Crippen LogP contribution in [0, 0.1) is 17.6 Å².